The van der Waals surface area contributed by atoms with E-state index in [1.54, 1.807) is 12.0 Å². The summed E-state index contributed by atoms with van der Waals surface area (Å²) in [6.07, 6.45) is 2.02. The molecule has 0 spiro atoms. The van der Waals surface area contributed by atoms with E-state index < -0.39 is 11.8 Å². The SMILES string of the molecule is C=C(C)C(=O)C(=C)C(=O)ON1CCCC(C)(C)C1(C)C. The van der Waals surface area contributed by atoms with Gasteiger partial charge in [0.25, 0.3) is 0 Å². The van der Waals surface area contributed by atoms with E-state index in [9.17, 15) is 9.59 Å². The summed E-state index contributed by atoms with van der Waals surface area (Å²) in [5.41, 5.74) is -0.166. The number of hydrogen-bond acceptors (Lipinski definition) is 4. The van der Waals surface area contributed by atoms with E-state index in [1.807, 2.05) is 13.8 Å². The van der Waals surface area contributed by atoms with Crippen LogP contribution >= 0.6 is 0 Å². The van der Waals surface area contributed by atoms with E-state index in [0.717, 1.165) is 12.8 Å². The third-order valence-corrected chi connectivity index (χ3v) is 4.54. The highest BCUT2D eigenvalue weighted by atomic mass is 16.7. The molecule has 1 aliphatic rings. The first kappa shape index (κ1) is 16.6. The van der Waals surface area contributed by atoms with Gasteiger partial charge >= 0.3 is 5.97 Å². The molecular formula is C16H25NO3. The van der Waals surface area contributed by atoms with E-state index in [1.165, 1.54) is 0 Å². The molecule has 0 aromatic carbocycles. The summed E-state index contributed by atoms with van der Waals surface area (Å²) in [4.78, 5) is 29.1. The van der Waals surface area contributed by atoms with Crippen molar-refractivity contribution in [2.45, 2.75) is 53.0 Å². The molecule has 4 nitrogen and oxygen atoms in total. The molecule has 1 fully saturated rings. The van der Waals surface area contributed by atoms with E-state index in [-0.39, 0.29) is 22.1 Å². The smallest absolute Gasteiger partial charge is 0.360 e. The molecule has 0 aromatic rings. The number of Topliss-reactive ketones (excluding diaryl/α,β-unsaturated/α-hetero) is 1. The molecule has 0 unspecified atom stereocenters. The number of piperidine rings is 1. The maximum Gasteiger partial charge on any atom is 0.360 e. The van der Waals surface area contributed by atoms with Crippen molar-refractivity contribution in [3.8, 4) is 0 Å². The minimum absolute atomic E-state index is 0.0191. The first-order chi connectivity index (χ1) is 9.00. The monoisotopic (exact) mass is 279 g/mol. The summed E-state index contributed by atoms with van der Waals surface area (Å²) in [6, 6.07) is 0. The maximum atomic E-state index is 12.0. The summed E-state index contributed by atoms with van der Waals surface area (Å²) in [5.74, 6) is -1.15. The molecule has 0 N–H and O–H groups in total. The molecule has 1 rings (SSSR count). The van der Waals surface area contributed by atoms with Crippen LogP contribution in [0.5, 0.6) is 0 Å². The van der Waals surface area contributed by atoms with Crippen molar-refractivity contribution in [1.29, 1.82) is 0 Å². The molecule has 20 heavy (non-hydrogen) atoms. The van der Waals surface area contributed by atoms with Crippen molar-refractivity contribution in [2.24, 2.45) is 5.41 Å². The molecule has 0 aliphatic carbocycles. The number of hydrogen-bond donors (Lipinski definition) is 0. The average Bonchev–Trinajstić information content (AvgIpc) is 2.33. The van der Waals surface area contributed by atoms with E-state index in [4.69, 9.17) is 4.84 Å². The Bertz CT molecular complexity index is 460. The number of carbonyl (C=O) groups excluding carboxylic acids is 2. The van der Waals surface area contributed by atoms with Gasteiger partial charge in [0.05, 0.1) is 5.54 Å². The van der Waals surface area contributed by atoms with Gasteiger partial charge in [-0.2, -0.15) is 0 Å². The standard InChI is InChI=1S/C16H25NO3/c1-11(2)13(18)12(3)14(19)20-17-10-8-9-15(4,5)16(17,6)7/h1,3,8-10H2,2,4-7H3. The van der Waals surface area contributed by atoms with E-state index in [2.05, 4.69) is 27.0 Å². The minimum Gasteiger partial charge on any atom is -0.363 e. The van der Waals surface area contributed by atoms with Crippen LogP contribution in [-0.2, 0) is 14.4 Å². The Morgan fingerprint density at radius 2 is 1.70 bits per heavy atom. The lowest BCUT2D eigenvalue weighted by Gasteiger charge is -2.51. The molecule has 0 aromatic heterocycles. The zero-order chi connectivity index (χ0) is 15.7. The Kier molecular flexibility index (Phi) is 4.59. The molecule has 0 atom stereocenters. The number of ketones is 1. The lowest BCUT2D eigenvalue weighted by atomic mass is 9.69. The molecule has 0 bridgehead atoms. The van der Waals surface area contributed by atoms with Crippen molar-refractivity contribution in [2.75, 3.05) is 6.54 Å². The number of carbonyl (C=O) groups is 2. The van der Waals surface area contributed by atoms with Crippen LogP contribution in [0, 0.1) is 5.41 Å². The van der Waals surface area contributed by atoms with Crippen molar-refractivity contribution in [1.82, 2.24) is 5.06 Å². The number of nitrogens with zero attached hydrogens (tertiary/aromatic N) is 1. The third-order valence-electron chi connectivity index (χ3n) is 4.54. The Balaban J connectivity index is 2.83. The lowest BCUT2D eigenvalue weighted by molar-refractivity contribution is -0.244. The molecular weight excluding hydrogens is 254 g/mol. The summed E-state index contributed by atoms with van der Waals surface area (Å²) in [7, 11) is 0. The van der Waals surface area contributed by atoms with Gasteiger partial charge < -0.3 is 4.84 Å². The van der Waals surface area contributed by atoms with Crippen molar-refractivity contribution in [3.63, 3.8) is 0 Å². The Morgan fingerprint density at radius 1 is 1.15 bits per heavy atom. The second-order valence-electron chi connectivity index (χ2n) is 6.62. The highest BCUT2D eigenvalue weighted by molar-refractivity contribution is 6.22. The van der Waals surface area contributed by atoms with Crippen LogP contribution in [0.15, 0.2) is 24.3 Å². The highest BCUT2D eigenvalue weighted by Crippen LogP contribution is 2.43. The summed E-state index contributed by atoms with van der Waals surface area (Å²) >= 11 is 0. The molecule has 0 radical (unpaired) electrons. The number of hydroxylamine groups is 2. The first-order valence-corrected chi connectivity index (χ1v) is 6.90. The van der Waals surface area contributed by atoms with Gasteiger partial charge in [0, 0.05) is 6.54 Å². The number of allylic oxidation sites excluding steroid dienone is 1. The molecule has 4 heteroatoms. The number of rotatable bonds is 4. The molecule has 112 valence electrons. The van der Waals surface area contributed by atoms with Crippen LogP contribution < -0.4 is 0 Å². The van der Waals surface area contributed by atoms with Gasteiger partial charge in [0.1, 0.15) is 5.57 Å². The van der Waals surface area contributed by atoms with Gasteiger partial charge in [-0.05, 0) is 44.6 Å². The highest BCUT2D eigenvalue weighted by Gasteiger charge is 2.46. The van der Waals surface area contributed by atoms with Crippen LogP contribution in [-0.4, -0.2) is 28.9 Å². The largest absolute Gasteiger partial charge is 0.363 e. The van der Waals surface area contributed by atoms with Crippen molar-refractivity contribution < 1.29 is 14.4 Å². The zero-order valence-electron chi connectivity index (χ0n) is 13.2. The van der Waals surface area contributed by atoms with Gasteiger partial charge in [0.15, 0.2) is 5.78 Å². The van der Waals surface area contributed by atoms with Crippen LogP contribution in [0.1, 0.15) is 47.5 Å². The Morgan fingerprint density at radius 3 is 2.20 bits per heavy atom. The quantitative estimate of drug-likeness (QED) is 0.451. The second kappa shape index (κ2) is 5.52. The summed E-state index contributed by atoms with van der Waals surface area (Å²) in [5, 5.41) is 1.68. The normalized spacial score (nSPS) is 21.1. The van der Waals surface area contributed by atoms with Crippen LogP contribution in [0.25, 0.3) is 0 Å². The molecule has 1 aliphatic heterocycles. The molecule has 1 heterocycles. The third kappa shape index (κ3) is 3.01. The molecule has 1 saturated heterocycles. The van der Waals surface area contributed by atoms with Gasteiger partial charge in [0.2, 0.25) is 0 Å². The summed E-state index contributed by atoms with van der Waals surface area (Å²) in [6.45, 7) is 17.6. The molecule has 0 saturated carbocycles. The van der Waals surface area contributed by atoms with E-state index >= 15 is 0 Å². The average molecular weight is 279 g/mol. The van der Waals surface area contributed by atoms with Crippen LogP contribution in [0.4, 0.5) is 0 Å². The van der Waals surface area contributed by atoms with E-state index in [0.29, 0.717) is 6.54 Å². The fourth-order valence-electron chi connectivity index (χ4n) is 2.25. The Hall–Kier alpha value is -1.42. The van der Waals surface area contributed by atoms with Crippen LogP contribution in [0.3, 0.4) is 0 Å². The predicted octanol–water partition coefficient (Wildman–Crippen LogP) is 3.05. The van der Waals surface area contributed by atoms with Crippen molar-refractivity contribution in [3.05, 3.63) is 24.3 Å². The minimum atomic E-state index is -0.691. The lowest BCUT2D eigenvalue weighted by Crippen LogP contribution is -2.58. The van der Waals surface area contributed by atoms with Gasteiger partial charge in [-0.25, -0.2) is 4.79 Å². The fraction of sp³-hybridized carbons (Fsp3) is 0.625. The zero-order valence-corrected chi connectivity index (χ0v) is 13.2. The maximum absolute atomic E-state index is 12.0. The summed E-state index contributed by atoms with van der Waals surface area (Å²) < 4.78 is 0. The predicted molar refractivity (Wildman–Crippen MR) is 78.9 cm³/mol. The van der Waals surface area contributed by atoms with Gasteiger partial charge in [-0.15, -0.1) is 5.06 Å². The second-order valence-corrected chi connectivity index (χ2v) is 6.62. The molecule has 0 amide bonds. The van der Waals surface area contributed by atoms with Crippen molar-refractivity contribution >= 4 is 11.8 Å². The van der Waals surface area contributed by atoms with Gasteiger partial charge in [-0.3, -0.25) is 4.79 Å². The Labute approximate surface area is 121 Å². The van der Waals surface area contributed by atoms with Gasteiger partial charge in [-0.1, -0.05) is 27.0 Å². The van der Waals surface area contributed by atoms with Crippen LogP contribution in [0.2, 0.25) is 0 Å². The fourth-order valence-corrected chi connectivity index (χ4v) is 2.25. The first-order valence-electron chi connectivity index (χ1n) is 6.90. The topological polar surface area (TPSA) is 46.6 Å².